The summed E-state index contributed by atoms with van der Waals surface area (Å²) in [4.78, 5) is 13.4. The first-order chi connectivity index (χ1) is 20.3. The highest BCUT2D eigenvalue weighted by atomic mass is 16.3. The molecule has 3 aromatic heterocycles. The van der Waals surface area contributed by atoms with Crippen LogP contribution < -0.4 is 0 Å². The van der Waals surface area contributed by atoms with E-state index in [9.17, 15) is 0 Å². The molecule has 0 unspecified atom stereocenters. The molecule has 0 saturated heterocycles. The Kier molecular flexibility index (Phi) is 5.16. The first kappa shape index (κ1) is 23.1. The van der Waals surface area contributed by atoms with Crippen molar-refractivity contribution in [3.63, 3.8) is 0 Å². The van der Waals surface area contributed by atoms with Crippen molar-refractivity contribution in [1.29, 1.82) is 0 Å². The second-order valence-electron chi connectivity index (χ2n) is 10.1. The van der Waals surface area contributed by atoms with E-state index in [4.69, 9.17) is 16.0 Å². The van der Waals surface area contributed by atoms with Crippen molar-refractivity contribution in [2.45, 2.75) is 0 Å². The van der Waals surface area contributed by atoms with Gasteiger partial charge in [0.25, 0.3) is 0 Å². The quantitative estimate of drug-likeness (QED) is 0.171. The number of para-hydroxylation sites is 1. The van der Waals surface area contributed by atoms with Crippen molar-refractivity contribution >= 4 is 49.4 Å². The van der Waals surface area contributed by atoms with E-state index in [1.54, 1.807) is 0 Å². The fourth-order valence-electron chi connectivity index (χ4n) is 5.76. The summed E-state index contributed by atoms with van der Waals surface area (Å²) < 4.78 is 6.29. The van der Waals surface area contributed by atoms with Crippen LogP contribution in [0.2, 0.25) is 0 Å². The maximum Gasteiger partial charge on any atom is 0.194 e. The highest BCUT2D eigenvalue weighted by molar-refractivity contribution is 6.13. The molecule has 4 heteroatoms. The van der Waals surface area contributed by atoms with Gasteiger partial charge in [-0.1, -0.05) is 84.9 Å². The summed E-state index contributed by atoms with van der Waals surface area (Å²) >= 11 is 0. The lowest BCUT2D eigenvalue weighted by Crippen LogP contribution is -1.88. The smallest absolute Gasteiger partial charge is 0.194 e. The van der Waals surface area contributed by atoms with Crippen LogP contribution >= 0.6 is 0 Å². The molecule has 0 fully saturated rings. The maximum atomic E-state index is 7.52. The molecule has 3 heterocycles. The molecule has 0 N–H and O–H groups in total. The second-order valence-corrected chi connectivity index (χ2v) is 10.1. The van der Waals surface area contributed by atoms with Gasteiger partial charge in [-0.2, -0.15) is 0 Å². The van der Waals surface area contributed by atoms with E-state index in [1.165, 1.54) is 0 Å². The fourth-order valence-corrected chi connectivity index (χ4v) is 5.76. The van der Waals surface area contributed by atoms with Crippen LogP contribution in [-0.4, -0.2) is 9.97 Å². The normalized spacial score (nSPS) is 11.4. The molecule has 0 saturated carbocycles. The van der Waals surface area contributed by atoms with Crippen LogP contribution in [0.1, 0.15) is 0 Å². The van der Waals surface area contributed by atoms with Gasteiger partial charge < -0.3 is 4.42 Å². The topological polar surface area (TPSA) is 43.3 Å². The predicted molar refractivity (Wildman–Crippen MR) is 167 cm³/mol. The molecule has 0 atom stereocenters. The summed E-state index contributed by atoms with van der Waals surface area (Å²) in [7, 11) is 0. The van der Waals surface area contributed by atoms with E-state index in [2.05, 4.69) is 82.6 Å². The van der Waals surface area contributed by atoms with E-state index in [0.29, 0.717) is 5.69 Å². The third-order valence-corrected chi connectivity index (χ3v) is 7.75. The van der Waals surface area contributed by atoms with Gasteiger partial charge in [0, 0.05) is 33.3 Å². The zero-order valence-corrected chi connectivity index (χ0v) is 21.9. The average Bonchev–Trinajstić information content (AvgIpc) is 3.43. The number of fused-ring (bicyclic) bond motifs is 6. The van der Waals surface area contributed by atoms with Crippen molar-refractivity contribution in [3.8, 4) is 33.5 Å². The van der Waals surface area contributed by atoms with Gasteiger partial charge in [-0.15, -0.1) is 0 Å². The molecule has 8 rings (SSSR count). The zero-order chi connectivity index (χ0) is 27.3. The number of furan rings is 1. The molecule has 0 aliphatic rings. The molecule has 190 valence electrons. The number of benzene rings is 5. The van der Waals surface area contributed by atoms with E-state index < -0.39 is 0 Å². The van der Waals surface area contributed by atoms with Crippen molar-refractivity contribution < 1.29 is 4.42 Å². The summed E-state index contributed by atoms with van der Waals surface area (Å²) in [5.74, 6) is 0. The molecule has 0 aliphatic carbocycles. The van der Waals surface area contributed by atoms with Crippen LogP contribution in [0.5, 0.6) is 0 Å². The molecule has 41 heavy (non-hydrogen) atoms. The first-order valence-corrected chi connectivity index (χ1v) is 13.4. The number of aromatic nitrogens is 2. The van der Waals surface area contributed by atoms with Gasteiger partial charge in [0.1, 0.15) is 11.2 Å². The Labute approximate surface area is 236 Å². The molecule has 0 radical (unpaired) electrons. The van der Waals surface area contributed by atoms with E-state index in [0.717, 1.165) is 77.3 Å². The van der Waals surface area contributed by atoms with Gasteiger partial charge in [0.2, 0.25) is 0 Å². The minimum atomic E-state index is 0.654. The van der Waals surface area contributed by atoms with Gasteiger partial charge in [-0.05, 0) is 58.7 Å². The summed E-state index contributed by atoms with van der Waals surface area (Å²) in [5.41, 5.74) is 10.2. The number of pyridine rings is 2. The lowest BCUT2D eigenvalue weighted by molar-refractivity contribution is 0.669. The van der Waals surface area contributed by atoms with Crippen LogP contribution in [0.3, 0.4) is 0 Å². The molecule has 5 aromatic carbocycles. The van der Waals surface area contributed by atoms with Crippen LogP contribution in [0.25, 0.3) is 82.1 Å². The van der Waals surface area contributed by atoms with Crippen LogP contribution in [0.15, 0.2) is 132 Å². The van der Waals surface area contributed by atoms with Crippen molar-refractivity contribution in [3.05, 3.63) is 139 Å². The van der Waals surface area contributed by atoms with Crippen LogP contribution in [0, 0.1) is 6.57 Å². The second kappa shape index (κ2) is 9.15. The summed E-state index contributed by atoms with van der Waals surface area (Å²) in [5, 5.41) is 4.27. The summed E-state index contributed by atoms with van der Waals surface area (Å²) in [6.45, 7) is 7.52. The van der Waals surface area contributed by atoms with Gasteiger partial charge in [-0.3, -0.25) is 4.98 Å². The van der Waals surface area contributed by atoms with Crippen molar-refractivity contribution in [2.75, 3.05) is 0 Å². The fraction of sp³-hybridized carbons (Fsp3) is 0. The van der Waals surface area contributed by atoms with E-state index in [1.807, 2.05) is 54.7 Å². The van der Waals surface area contributed by atoms with Gasteiger partial charge in [0.05, 0.1) is 23.3 Å². The standard InChI is InChI=1S/C37H21N3O/c1-38-32-9-3-2-7-28(32)23-11-13-24(14-12-23)29-8-4-10-34-35(29)30-22-27(18-20-33(30)41-34)31-19-17-26-16-15-25-6-5-21-39-36(25)37(26)40-31/h2-22H. The number of rotatable bonds is 3. The van der Waals surface area contributed by atoms with Gasteiger partial charge in [0.15, 0.2) is 5.69 Å². The SMILES string of the molecule is [C-]#[N+]c1ccccc1-c1ccc(-c2cccc3oc4ccc(-c5ccc6ccc7cccnc7c6n5)cc4c23)cc1. The zero-order valence-electron chi connectivity index (χ0n) is 21.9. The Morgan fingerprint density at radius 1 is 0.585 bits per heavy atom. The minimum Gasteiger partial charge on any atom is -0.456 e. The highest BCUT2D eigenvalue weighted by Gasteiger charge is 2.15. The monoisotopic (exact) mass is 523 g/mol. The predicted octanol–water partition coefficient (Wildman–Crippen LogP) is 10.2. The largest absolute Gasteiger partial charge is 0.456 e. The Hall–Kier alpha value is -5.79. The molecular weight excluding hydrogens is 502 g/mol. The molecule has 4 nitrogen and oxygen atoms in total. The lowest BCUT2D eigenvalue weighted by Gasteiger charge is -2.08. The molecule has 0 spiro atoms. The third kappa shape index (κ3) is 3.76. The van der Waals surface area contributed by atoms with Crippen LogP contribution in [-0.2, 0) is 0 Å². The van der Waals surface area contributed by atoms with Crippen LogP contribution in [0.4, 0.5) is 5.69 Å². The summed E-state index contributed by atoms with van der Waals surface area (Å²) in [6, 6.07) is 41.0. The first-order valence-electron chi connectivity index (χ1n) is 13.4. The average molecular weight is 524 g/mol. The molecule has 0 bridgehead atoms. The van der Waals surface area contributed by atoms with E-state index in [-0.39, 0.29) is 0 Å². The van der Waals surface area contributed by atoms with Gasteiger partial charge >= 0.3 is 0 Å². The minimum absolute atomic E-state index is 0.654. The Morgan fingerprint density at radius 2 is 1.32 bits per heavy atom. The van der Waals surface area contributed by atoms with Crippen molar-refractivity contribution in [1.82, 2.24) is 9.97 Å². The Balaban J connectivity index is 1.27. The maximum absolute atomic E-state index is 7.52. The third-order valence-electron chi connectivity index (χ3n) is 7.75. The highest BCUT2D eigenvalue weighted by Crippen LogP contribution is 2.39. The van der Waals surface area contributed by atoms with E-state index >= 15 is 0 Å². The Bertz CT molecular complexity index is 2330. The number of hydrogen-bond donors (Lipinski definition) is 0. The van der Waals surface area contributed by atoms with Crippen molar-refractivity contribution in [2.24, 2.45) is 0 Å². The molecule has 0 aliphatic heterocycles. The number of hydrogen-bond acceptors (Lipinski definition) is 3. The Morgan fingerprint density at radius 3 is 2.17 bits per heavy atom. The van der Waals surface area contributed by atoms with Gasteiger partial charge in [-0.25, -0.2) is 9.83 Å². The lowest BCUT2D eigenvalue weighted by atomic mass is 9.96. The molecule has 8 aromatic rings. The molecular formula is C37H21N3O. The number of nitrogens with zero attached hydrogens (tertiary/aromatic N) is 3. The summed E-state index contributed by atoms with van der Waals surface area (Å²) in [6.07, 6.45) is 1.82. The molecule has 0 amide bonds.